The van der Waals surface area contributed by atoms with Crippen molar-refractivity contribution in [3.8, 4) is 0 Å². The van der Waals surface area contributed by atoms with E-state index >= 15 is 0 Å². The topological polar surface area (TPSA) is 121 Å². The number of nitrogens with zero attached hydrogens (tertiary/aromatic N) is 2. The van der Waals surface area contributed by atoms with Gasteiger partial charge in [0.25, 0.3) is 0 Å². The van der Waals surface area contributed by atoms with Crippen molar-refractivity contribution >= 4 is 35.6 Å². The molecule has 2 amide bonds. The number of likely N-dealkylation sites (N-methyl/N-ethyl adjacent to an activating group) is 1. The number of aryl methyl sites for hydroxylation is 1. The third-order valence-electron chi connectivity index (χ3n) is 9.49. The van der Waals surface area contributed by atoms with Crippen LogP contribution in [-0.4, -0.2) is 78.1 Å². The number of carbonyl (C=O) groups is 2. The van der Waals surface area contributed by atoms with E-state index in [1.807, 2.05) is 58.1 Å². The molecule has 2 N–H and O–H groups in total. The molecular weight excluding hydrogens is 687 g/mol. The molecule has 4 bridgehead atoms. The summed E-state index contributed by atoms with van der Waals surface area (Å²) in [5, 5.41) is 15.2. The van der Waals surface area contributed by atoms with Gasteiger partial charge < -0.3 is 39.2 Å². The van der Waals surface area contributed by atoms with Gasteiger partial charge in [-0.15, -0.1) is 0 Å². The molecule has 0 saturated carbocycles. The summed E-state index contributed by atoms with van der Waals surface area (Å²) in [4.78, 5) is 40.8. The molecule has 4 rings (SSSR count). The first-order valence-corrected chi connectivity index (χ1v) is 15.6. The third kappa shape index (κ3) is 8.06. The summed E-state index contributed by atoms with van der Waals surface area (Å²) in [5.41, 5.74) is 1.02. The summed E-state index contributed by atoms with van der Waals surface area (Å²) >= 11 is 6.72. The van der Waals surface area contributed by atoms with E-state index in [9.17, 15) is 19.5 Å². The van der Waals surface area contributed by atoms with Gasteiger partial charge in [-0.2, -0.15) is 6.41 Å². The first-order valence-electron chi connectivity index (χ1n) is 15.2. The Bertz CT molecular complexity index is 1420. The van der Waals surface area contributed by atoms with Crippen LogP contribution in [0.1, 0.15) is 58.6 Å². The summed E-state index contributed by atoms with van der Waals surface area (Å²) in [6.45, 7) is 15.0. The molecule has 46 heavy (non-hydrogen) atoms. The zero-order chi connectivity index (χ0) is 33.4. The molecule has 2 fully saturated rings. The van der Waals surface area contributed by atoms with Gasteiger partial charge in [0, 0.05) is 58.0 Å². The number of allylic oxidation sites excluding steroid dienone is 3. The smallest absolute Gasteiger partial charge is 0.326 e. The molecule has 2 saturated heterocycles. The molecule has 1 aromatic rings. The van der Waals surface area contributed by atoms with Crippen molar-refractivity contribution in [1.82, 2.24) is 10.2 Å². The number of esters is 1. The number of ether oxygens (including phenoxy) is 3. The number of hydrogen-bond acceptors (Lipinski definition) is 8. The van der Waals surface area contributed by atoms with E-state index in [0.29, 0.717) is 17.1 Å². The Morgan fingerprint density at radius 3 is 2.65 bits per heavy atom. The predicted octanol–water partition coefficient (Wildman–Crippen LogP) is 4.32. The van der Waals surface area contributed by atoms with Crippen LogP contribution in [0.3, 0.4) is 0 Å². The van der Waals surface area contributed by atoms with Crippen molar-refractivity contribution in [3.05, 3.63) is 64.5 Å². The quantitative estimate of drug-likeness (QED) is 0.204. The van der Waals surface area contributed by atoms with Crippen molar-refractivity contribution in [1.29, 1.82) is 0 Å². The van der Waals surface area contributed by atoms with Crippen LogP contribution in [0, 0.1) is 18.8 Å². The van der Waals surface area contributed by atoms with E-state index < -0.39 is 41.6 Å². The standard InChI is InChI=1S/C34H45ClN3O7.Y/c1-19-11-10-12-21(3)34(42)17-27(43-24(6)36-34)22(4)31-33(7,45-31)28(44-32(41)23(5)37(8)18-39)16-29(40)38(9)26-15-25(13-19)14-20(2)30(26)35;/h10-12,14-15,21-23,27-28,31,36,42H,6,13,16-17H2,1-5,7-9H3;/q-1;/b12-10+,19-11+;/t21?,22?,23-,27?,28?,31?,33?,34?;/m0./s1. The maximum Gasteiger partial charge on any atom is 0.326 e. The van der Waals surface area contributed by atoms with E-state index in [0.717, 1.165) is 21.6 Å². The molecule has 1 aromatic carbocycles. The molecule has 1 radical (unpaired) electrons. The number of epoxide rings is 1. The van der Waals surface area contributed by atoms with E-state index in [1.165, 1.54) is 18.9 Å². The number of nitrogens with one attached hydrogen (secondary N) is 1. The number of halogens is 1. The summed E-state index contributed by atoms with van der Waals surface area (Å²) in [6.07, 6.45) is 6.25. The number of benzene rings is 1. The Morgan fingerprint density at radius 2 is 2.00 bits per heavy atom. The molecule has 8 atom stereocenters. The molecule has 0 spiro atoms. The minimum Gasteiger partial charge on any atom is -0.520 e. The summed E-state index contributed by atoms with van der Waals surface area (Å²) < 4.78 is 18.3. The van der Waals surface area contributed by atoms with Gasteiger partial charge in [0.15, 0.2) is 5.88 Å². The van der Waals surface area contributed by atoms with Crippen molar-refractivity contribution < 1.29 is 66.4 Å². The first kappa shape index (κ1) is 38.2. The van der Waals surface area contributed by atoms with Crippen molar-refractivity contribution in [2.45, 2.75) is 96.5 Å². The normalized spacial score (nSPS) is 33.9. The average molecular weight is 732 g/mol. The second-order valence-corrected chi connectivity index (χ2v) is 13.4. The van der Waals surface area contributed by atoms with Crippen LogP contribution < -0.4 is 10.2 Å². The van der Waals surface area contributed by atoms with Gasteiger partial charge in [0.2, 0.25) is 5.91 Å². The molecule has 249 valence electrons. The Hall–Kier alpha value is -2.24. The molecule has 3 aliphatic heterocycles. The van der Waals surface area contributed by atoms with Crippen LogP contribution in [0.25, 0.3) is 0 Å². The van der Waals surface area contributed by atoms with E-state index in [4.69, 9.17) is 25.8 Å². The molecule has 0 aromatic heterocycles. The number of carbonyl (C=O) groups excluding carboxylic acids is 3. The fourth-order valence-corrected chi connectivity index (χ4v) is 6.37. The summed E-state index contributed by atoms with van der Waals surface area (Å²) in [7, 11) is 3.07. The van der Waals surface area contributed by atoms with Gasteiger partial charge in [-0.3, -0.25) is 4.79 Å². The van der Waals surface area contributed by atoms with Crippen LogP contribution in [0.15, 0.2) is 48.4 Å². The van der Waals surface area contributed by atoms with Crippen molar-refractivity contribution in [3.63, 3.8) is 0 Å². The fraction of sp³-hybridized carbons (Fsp3) is 0.559. The second-order valence-electron chi connectivity index (χ2n) is 13.0. The zero-order valence-electron chi connectivity index (χ0n) is 27.9. The van der Waals surface area contributed by atoms with Crippen molar-refractivity contribution in [2.75, 3.05) is 19.0 Å². The number of hydrogen-bond donors (Lipinski definition) is 2. The van der Waals surface area contributed by atoms with E-state index in [1.54, 1.807) is 20.4 Å². The van der Waals surface area contributed by atoms with Gasteiger partial charge in [-0.05, 0) is 64.9 Å². The number of anilines is 1. The van der Waals surface area contributed by atoms with Crippen LogP contribution >= 0.6 is 11.6 Å². The number of rotatable bonds is 4. The number of aliphatic hydroxyl groups is 1. The Balaban J connectivity index is 0.00000576. The molecule has 3 heterocycles. The average Bonchev–Trinajstić information content (AvgIpc) is 3.68. The molecule has 7 unspecified atom stereocenters. The van der Waals surface area contributed by atoms with E-state index in [2.05, 4.69) is 11.9 Å². The Morgan fingerprint density at radius 1 is 1.33 bits per heavy atom. The van der Waals surface area contributed by atoms with Gasteiger partial charge >= 0.3 is 5.97 Å². The van der Waals surface area contributed by atoms with Crippen LogP contribution in [0.5, 0.6) is 0 Å². The molecule has 12 heteroatoms. The summed E-state index contributed by atoms with van der Waals surface area (Å²) in [5.74, 6) is -1.37. The van der Waals surface area contributed by atoms with Gasteiger partial charge in [-0.1, -0.05) is 55.3 Å². The predicted molar refractivity (Wildman–Crippen MR) is 172 cm³/mol. The first-order chi connectivity index (χ1) is 21.0. The minimum atomic E-state index is -1.33. The molecule has 10 nitrogen and oxygen atoms in total. The van der Waals surface area contributed by atoms with Gasteiger partial charge in [-0.25, -0.2) is 4.79 Å². The molecule has 3 aliphatic rings. The van der Waals surface area contributed by atoms with Gasteiger partial charge in [0.05, 0.1) is 29.3 Å². The number of fused-ring (bicyclic) bond motifs is 5. The van der Waals surface area contributed by atoms with Crippen molar-refractivity contribution in [2.24, 2.45) is 11.8 Å². The Kier molecular flexibility index (Phi) is 12.4. The summed E-state index contributed by atoms with van der Waals surface area (Å²) in [6, 6.07) is 2.95. The molecular formula is C34H45ClN3O7Y-. The monoisotopic (exact) mass is 731 g/mol. The van der Waals surface area contributed by atoms with Crippen LogP contribution in [0.4, 0.5) is 5.69 Å². The fourth-order valence-electron chi connectivity index (χ4n) is 6.13. The third-order valence-corrected chi connectivity index (χ3v) is 9.98. The number of amides is 2. The maximum atomic E-state index is 13.9. The maximum absolute atomic E-state index is 13.9. The SMILES string of the molecule is C=C1NC2(O)CC(O1)C(C)C1OC1(C)C(OC(=O)[C@H](C)N(C)[C-]=O)CC(=O)N(C)c1cc(cc(C)c1Cl)C/C(C)=C/C=C/C2C.[Y]. The largest absolute Gasteiger partial charge is 0.520 e. The van der Waals surface area contributed by atoms with Gasteiger partial charge in [0.1, 0.15) is 23.5 Å². The molecule has 0 aliphatic carbocycles. The van der Waals surface area contributed by atoms with Crippen LogP contribution in [0.2, 0.25) is 5.02 Å². The Labute approximate surface area is 302 Å². The minimum absolute atomic E-state index is 0. The second kappa shape index (κ2) is 14.9. The zero-order valence-corrected chi connectivity index (χ0v) is 31.5. The van der Waals surface area contributed by atoms with E-state index in [-0.39, 0.29) is 69.2 Å². The van der Waals surface area contributed by atoms with Crippen LogP contribution in [-0.2, 0) is 67.7 Å².